The lowest BCUT2D eigenvalue weighted by atomic mass is 10.0. The number of fused-ring (bicyclic) bond motifs is 1. The summed E-state index contributed by atoms with van der Waals surface area (Å²) in [5.74, 6) is -1.58. The van der Waals surface area contributed by atoms with E-state index in [2.05, 4.69) is 15.6 Å². The maximum absolute atomic E-state index is 13.0. The van der Waals surface area contributed by atoms with Crippen LogP contribution in [0.15, 0.2) is 72.4 Å². The number of hydrogen-bond donors (Lipinski definition) is 5. The number of carbonyl (C=O) groups excluding carboxylic acids is 3. The van der Waals surface area contributed by atoms with E-state index in [-0.39, 0.29) is 24.3 Å². The molecule has 172 valence electrons. The Balaban J connectivity index is 1.76. The summed E-state index contributed by atoms with van der Waals surface area (Å²) >= 11 is 0. The number of carbonyl (C=O) groups is 3. The van der Waals surface area contributed by atoms with Crippen LogP contribution in [0.1, 0.15) is 24.0 Å². The Hall–Kier alpha value is -3.91. The van der Waals surface area contributed by atoms with Crippen LogP contribution >= 0.6 is 0 Å². The Morgan fingerprint density at radius 1 is 1.06 bits per heavy atom. The van der Waals surface area contributed by atoms with Gasteiger partial charge in [0.15, 0.2) is 0 Å². The molecule has 33 heavy (non-hydrogen) atoms. The number of H-pyrrole nitrogens is 1. The van der Waals surface area contributed by atoms with Gasteiger partial charge in [-0.15, -0.1) is 0 Å². The van der Waals surface area contributed by atoms with E-state index in [0.29, 0.717) is 12.8 Å². The molecule has 0 bridgehead atoms. The van der Waals surface area contributed by atoms with Gasteiger partial charge in [-0.25, -0.2) is 5.48 Å². The Kier molecular flexibility index (Phi) is 8.37. The molecule has 0 fully saturated rings. The van der Waals surface area contributed by atoms with Gasteiger partial charge in [-0.2, -0.15) is 0 Å². The van der Waals surface area contributed by atoms with E-state index in [1.54, 1.807) is 11.6 Å². The number of aromatic amines is 1. The van der Waals surface area contributed by atoms with E-state index < -0.39 is 17.9 Å². The Morgan fingerprint density at radius 2 is 1.79 bits per heavy atom. The SMILES string of the molecule is CNC(=O)[C@H](Cc1c[nH]c2ccccc12)NC(=O)/C(=C/CCc1ccccc1)CC(=O)NO. The molecule has 1 aromatic heterocycles. The number of aromatic nitrogens is 1. The van der Waals surface area contributed by atoms with Crippen LogP contribution < -0.4 is 16.1 Å². The molecule has 0 spiro atoms. The highest BCUT2D eigenvalue weighted by Crippen LogP contribution is 2.19. The molecular formula is C25H28N4O4. The van der Waals surface area contributed by atoms with Crippen LogP contribution in [0, 0.1) is 0 Å². The summed E-state index contributed by atoms with van der Waals surface area (Å²) in [4.78, 5) is 40.5. The zero-order valence-electron chi connectivity index (χ0n) is 18.4. The van der Waals surface area contributed by atoms with Gasteiger partial charge in [-0.05, 0) is 30.0 Å². The van der Waals surface area contributed by atoms with Crippen molar-refractivity contribution in [2.75, 3.05) is 7.05 Å². The molecule has 0 radical (unpaired) electrons. The smallest absolute Gasteiger partial charge is 0.248 e. The number of aryl methyl sites for hydroxylation is 1. The molecule has 8 heteroatoms. The number of amides is 3. The first kappa shape index (κ1) is 23.7. The first-order valence-electron chi connectivity index (χ1n) is 10.7. The molecule has 3 amide bonds. The second-order valence-electron chi connectivity index (χ2n) is 7.67. The molecule has 8 nitrogen and oxygen atoms in total. The lowest BCUT2D eigenvalue weighted by Gasteiger charge is -2.18. The summed E-state index contributed by atoms with van der Waals surface area (Å²) in [6.45, 7) is 0. The van der Waals surface area contributed by atoms with Crippen LogP contribution in [0.5, 0.6) is 0 Å². The maximum Gasteiger partial charge on any atom is 0.248 e. The van der Waals surface area contributed by atoms with Crippen molar-refractivity contribution in [1.82, 2.24) is 21.1 Å². The highest BCUT2D eigenvalue weighted by Gasteiger charge is 2.24. The Bertz CT molecular complexity index is 1140. The van der Waals surface area contributed by atoms with Crippen LogP contribution in [0.2, 0.25) is 0 Å². The van der Waals surface area contributed by atoms with E-state index in [1.807, 2.05) is 60.8 Å². The lowest BCUT2D eigenvalue weighted by Crippen LogP contribution is -2.47. The summed E-state index contributed by atoms with van der Waals surface area (Å²) in [6.07, 6.45) is 4.68. The Labute approximate surface area is 192 Å². The predicted octanol–water partition coefficient (Wildman–Crippen LogP) is 2.40. The molecule has 1 atom stereocenters. The molecule has 3 rings (SSSR count). The lowest BCUT2D eigenvalue weighted by molar-refractivity contribution is -0.130. The largest absolute Gasteiger partial charge is 0.361 e. The van der Waals surface area contributed by atoms with Crippen molar-refractivity contribution in [3.63, 3.8) is 0 Å². The first-order valence-corrected chi connectivity index (χ1v) is 10.7. The van der Waals surface area contributed by atoms with Gasteiger partial charge in [0.05, 0.1) is 6.42 Å². The van der Waals surface area contributed by atoms with Crippen molar-refractivity contribution in [1.29, 1.82) is 0 Å². The third-order valence-corrected chi connectivity index (χ3v) is 5.40. The quantitative estimate of drug-likeness (QED) is 0.186. The standard InChI is InChI=1S/C25H28N4O4/c1-26-25(32)22(14-19-16-27-21-13-6-5-12-20(19)21)28-24(31)18(15-23(30)29-33)11-7-10-17-8-3-2-4-9-17/h2-6,8-9,11-13,16,22,27,33H,7,10,14-15H2,1H3,(H,26,32)(H,28,31)(H,29,30)/b18-11+/t22-/m0/s1. The maximum atomic E-state index is 13.0. The van der Waals surface area contributed by atoms with E-state index in [4.69, 9.17) is 5.21 Å². The Morgan fingerprint density at radius 3 is 2.52 bits per heavy atom. The number of allylic oxidation sites excluding steroid dienone is 1. The highest BCUT2D eigenvalue weighted by molar-refractivity contribution is 6.00. The number of para-hydroxylation sites is 1. The molecule has 0 saturated heterocycles. The van der Waals surface area contributed by atoms with Gasteiger partial charge in [-0.1, -0.05) is 54.6 Å². The number of rotatable bonds is 10. The minimum atomic E-state index is -0.837. The van der Waals surface area contributed by atoms with Crippen molar-refractivity contribution in [2.45, 2.75) is 31.7 Å². The predicted molar refractivity (Wildman–Crippen MR) is 125 cm³/mol. The summed E-state index contributed by atoms with van der Waals surface area (Å²) in [6, 6.07) is 16.6. The minimum absolute atomic E-state index is 0.185. The number of benzene rings is 2. The van der Waals surface area contributed by atoms with Crippen molar-refractivity contribution >= 4 is 28.6 Å². The molecular weight excluding hydrogens is 420 g/mol. The van der Waals surface area contributed by atoms with E-state index in [1.165, 1.54) is 7.05 Å². The zero-order valence-corrected chi connectivity index (χ0v) is 18.4. The third-order valence-electron chi connectivity index (χ3n) is 5.40. The topological polar surface area (TPSA) is 123 Å². The fourth-order valence-electron chi connectivity index (χ4n) is 3.67. The number of likely N-dealkylation sites (N-methyl/N-ethyl adjacent to an activating group) is 1. The van der Waals surface area contributed by atoms with Crippen LogP contribution in [0.4, 0.5) is 0 Å². The molecule has 0 aliphatic rings. The fraction of sp³-hybridized carbons (Fsp3) is 0.240. The molecule has 0 unspecified atom stereocenters. The van der Waals surface area contributed by atoms with Gasteiger partial charge in [-0.3, -0.25) is 19.6 Å². The molecule has 0 aliphatic carbocycles. The van der Waals surface area contributed by atoms with E-state index >= 15 is 0 Å². The molecule has 2 aromatic carbocycles. The van der Waals surface area contributed by atoms with Crippen LogP contribution in [0.25, 0.3) is 10.9 Å². The summed E-state index contributed by atoms with van der Waals surface area (Å²) < 4.78 is 0. The summed E-state index contributed by atoms with van der Waals surface area (Å²) in [7, 11) is 1.51. The van der Waals surface area contributed by atoms with Gasteiger partial charge in [0.1, 0.15) is 6.04 Å². The normalized spacial score (nSPS) is 12.2. The molecule has 3 aromatic rings. The van der Waals surface area contributed by atoms with Crippen molar-refractivity contribution < 1.29 is 19.6 Å². The van der Waals surface area contributed by atoms with Crippen molar-refractivity contribution in [3.8, 4) is 0 Å². The third kappa shape index (κ3) is 6.54. The molecule has 5 N–H and O–H groups in total. The second kappa shape index (κ2) is 11.6. The average Bonchev–Trinajstić information content (AvgIpc) is 3.25. The van der Waals surface area contributed by atoms with Crippen molar-refractivity contribution in [3.05, 3.63) is 83.6 Å². The molecule has 0 aliphatic heterocycles. The van der Waals surface area contributed by atoms with E-state index in [0.717, 1.165) is 22.0 Å². The van der Waals surface area contributed by atoms with Gasteiger partial charge >= 0.3 is 0 Å². The first-order chi connectivity index (χ1) is 16.0. The zero-order chi connectivity index (χ0) is 23.6. The average molecular weight is 449 g/mol. The molecule has 1 heterocycles. The van der Waals surface area contributed by atoms with Gasteiger partial charge in [0.2, 0.25) is 17.7 Å². The van der Waals surface area contributed by atoms with Crippen LogP contribution in [0.3, 0.4) is 0 Å². The summed E-state index contributed by atoms with van der Waals surface area (Å²) in [5, 5.41) is 15.2. The second-order valence-corrected chi connectivity index (χ2v) is 7.67. The van der Waals surface area contributed by atoms with Gasteiger partial charge in [0.25, 0.3) is 0 Å². The highest BCUT2D eigenvalue weighted by atomic mass is 16.5. The number of nitrogens with one attached hydrogen (secondary N) is 4. The fourth-order valence-corrected chi connectivity index (χ4v) is 3.67. The number of hydrogen-bond acceptors (Lipinski definition) is 4. The number of hydroxylamine groups is 1. The minimum Gasteiger partial charge on any atom is -0.361 e. The van der Waals surface area contributed by atoms with Gasteiger partial charge < -0.3 is 15.6 Å². The van der Waals surface area contributed by atoms with Crippen LogP contribution in [-0.2, 0) is 27.2 Å². The van der Waals surface area contributed by atoms with E-state index in [9.17, 15) is 14.4 Å². The monoisotopic (exact) mass is 448 g/mol. The van der Waals surface area contributed by atoms with Crippen LogP contribution in [-0.4, -0.2) is 41.0 Å². The molecule has 0 saturated carbocycles. The van der Waals surface area contributed by atoms with Crippen molar-refractivity contribution in [2.24, 2.45) is 0 Å². The summed E-state index contributed by atoms with van der Waals surface area (Å²) in [5.41, 5.74) is 4.68. The van der Waals surface area contributed by atoms with Gasteiger partial charge in [0, 0.05) is 36.1 Å².